The van der Waals surface area contributed by atoms with Gasteiger partial charge in [0.2, 0.25) is 5.78 Å². The van der Waals surface area contributed by atoms with Crippen molar-refractivity contribution in [2.75, 3.05) is 6.61 Å². The van der Waals surface area contributed by atoms with Gasteiger partial charge in [0, 0.05) is 12.6 Å². The highest BCUT2D eigenvalue weighted by Crippen LogP contribution is 2.19. The van der Waals surface area contributed by atoms with E-state index in [0.29, 0.717) is 22.5 Å². The number of ketones is 1. The molecule has 0 saturated heterocycles. The lowest BCUT2D eigenvalue weighted by Gasteiger charge is -2.02. The third kappa shape index (κ3) is 1.68. The molecule has 14 heavy (non-hydrogen) atoms. The smallest absolute Gasteiger partial charge is 0.246 e. The number of allylic oxidation sites excluding steroid dienone is 1. The van der Waals surface area contributed by atoms with Gasteiger partial charge in [-0.3, -0.25) is 4.79 Å². The minimum Gasteiger partial charge on any atom is -0.489 e. The fourth-order valence-corrected chi connectivity index (χ4v) is 1.57. The summed E-state index contributed by atoms with van der Waals surface area (Å²) in [6.07, 6.45) is 5.43. The molecule has 0 bridgehead atoms. The molecule has 0 N–H and O–H groups in total. The van der Waals surface area contributed by atoms with Gasteiger partial charge >= 0.3 is 0 Å². The van der Waals surface area contributed by atoms with E-state index in [1.807, 2.05) is 0 Å². The summed E-state index contributed by atoms with van der Waals surface area (Å²) in [6.45, 7) is 0.573. The molecule has 1 aliphatic heterocycles. The van der Waals surface area contributed by atoms with Gasteiger partial charge in [-0.05, 0) is 22.0 Å². The maximum atomic E-state index is 11.8. The summed E-state index contributed by atoms with van der Waals surface area (Å²) in [6, 6.07) is 0. The molecule has 1 aliphatic rings. The summed E-state index contributed by atoms with van der Waals surface area (Å²) in [7, 11) is 0. The van der Waals surface area contributed by atoms with Gasteiger partial charge in [-0.25, -0.2) is 9.97 Å². The minimum absolute atomic E-state index is 0.197. The van der Waals surface area contributed by atoms with Crippen LogP contribution in [0.2, 0.25) is 0 Å². The fraction of sp³-hybridized carbons (Fsp3) is 0.222. The van der Waals surface area contributed by atoms with Crippen LogP contribution in [0.15, 0.2) is 28.8 Å². The van der Waals surface area contributed by atoms with E-state index >= 15 is 0 Å². The number of hydrogen-bond donors (Lipinski definition) is 0. The molecule has 0 aliphatic carbocycles. The Kier molecular flexibility index (Phi) is 2.58. The van der Waals surface area contributed by atoms with Crippen molar-refractivity contribution >= 4 is 21.7 Å². The van der Waals surface area contributed by atoms with Crippen LogP contribution in [0, 0.1) is 0 Å². The number of halogens is 1. The monoisotopic (exact) mass is 254 g/mol. The molecule has 0 spiro atoms. The Morgan fingerprint density at radius 3 is 3.07 bits per heavy atom. The van der Waals surface area contributed by atoms with Crippen molar-refractivity contribution in [3.8, 4) is 0 Å². The Labute approximate surface area is 89.1 Å². The summed E-state index contributed by atoms with van der Waals surface area (Å²) in [5.41, 5.74) is 0.341. The van der Waals surface area contributed by atoms with Crippen molar-refractivity contribution in [1.29, 1.82) is 0 Å². The first kappa shape index (κ1) is 9.33. The van der Waals surface area contributed by atoms with Gasteiger partial charge in [0.05, 0.1) is 11.1 Å². The highest BCUT2D eigenvalue weighted by molar-refractivity contribution is 9.10. The molecule has 5 heteroatoms. The molecule has 0 fully saturated rings. The molecule has 0 amide bonds. The van der Waals surface area contributed by atoms with Crippen LogP contribution in [0.25, 0.3) is 0 Å². The Morgan fingerprint density at radius 2 is 2.43 bits per heavy atom. The van der Waals surface area contributed by atoms with Gasteiger partial charge in [-0.1, -0.05) is 0 Å². The summed E-state index contributed by atoms with van der Waals surface area (Å²) in [5, 5.41) is 0. The summed E-state index contributed by atoms with van der Waals surface area (Å²) in [5.74, 6) is 0.182. The van der Waals surface area contributed by atoms with Crippen molar-refractivity contribution in [2.24, 2.45) is 0 Å². The Bertz CT molecular complexity index is 404. The van der Waals surface area contributed by atoms with E-state index in [1.165, 1.54) is 12.5 Å². The van der Waals surface area contributed by atoms with Crippen LogP contribution in [-0.2, 0) is 4.74 Å². The highest BCUT2D eigenvalue weighted by Gasteiger charge is 2.20. The Hall–Kier alpha value is -1.23. The molecular formula is C9H7BrN2O2. The zero-order valence-electron chi connectivity index (χ0n) is 7.24. The van der Waals surface area contributed by atoms with Crippen molar-refractivity contribution < 1.29 is 9.53 Å². The molecule has 0 saturated carbocycles. The number of carbonyl (C=O) groups excluding carboxylic acids is 1. The second-order valence-corrected chi connectivity index (χ2v) is 3.61. The minimum atomic E-state index is -0.197. The molecule has 0 radical (unpaired) electrons. The van der Waals surface area contributed by atoms with Gasteiger partial charge in [-0.2, -0.15) is 0 Å². The molecule has 0 aromatic carbocycles. The number of Topliss-reactive ketones (excluding diaryl/α,β-unsaturated/α-hetero) is 1. The molecular weight excluding hydrogens is 248 g/mol. The number of ether oxygens (including phenoxy) is 1. The lowest BCUT2D eigenvalue weighted by Crippen LogP contribution is -2.07. The average molecular weight is 255 g/mol. The van der Waals surface area contributed by atoms with Crippen molar-refractivity contribution in [2.45, 2.75) is 6.42 Å². The molecule has 2 heterocycles. The average Bonchev–Trinajstić information content (AvgIpc) is 2.70. The van der Waals surface area contributed by atoms with Crippen LogP contribution in [0.5, 0.6) is 0 Å². The zero-order valence-corrected chi connectivity index (χ0v) is 8.82. The van der Waals surface area contributed by atoms with Gasteiger partial charge in [0.1, 0.15) is 12.0 Å². The second kappa shape index (κ2) is 3.88. The number of nitrogens with zero attached hydrogens (tertiary/aromatic N) is 2. The Morgan fingerprint density at radius 1 is 1.57 bits per heavy atom. The molecule has 2 rings (SSSR count). The van der Waals surface area contributed by atoms with Crippen LogP contribution in [0.1, 0.15) is 16.9 Å². The molecule has 0 unspecified atom stereocenters. The van der Waals surface area contributed by atoms with Crippen LogP contribution in [-0.4, -0.2) is 22.4 Å². The molecule has 72 valence electrons. The Balaban J connectivity index is 2.31. The largest absolute Gasteiger partial charge is 0.489 e. The van der Waals surface area contributed by atoms with Crippen LogP contribution < -0.4 is 0 Å². The molecule has 1 aromatic heterocycles. The van der Waals surface area contributed by atoms with Gasteiger partial charge in [0.25, 0.3) is 0 Å². The van der Waals surface area contributed by atoms with Gasteiger partial charge < -0.3 is 4.74 Å². The predicted molar refractivity (Wildman–Crippen MR) is 52.7 cm³/mol. The number of rotatable bonds is 2. The molecule has 0 atom stereocenters. The van der Waals surface area contributed by atoms with E-state index in [-0.39, 0.29) is 5.78 Å². The van der Waals surface area contributed by atoms with E-state index in [1.54, 1.807) is 6.08 Å². The first-order chi connectivity index (χ1) is 6.79. The third-order valence-corrected chi connectivity index (χ3v) is 2.39. The van der Waals surface area contributed by atoms with E-state index in [2.05, 4.69) is 25.9 Å². The second-order valence-electron chi connectivity index (χ2n) is 2.75. The quantitative estimate of drug-likeness (QED) is 0.755. The number of carbonyl (C=O) groups is 1. The maximum Gasteiger partial charge on any atom is 0.246 e. The summed E-state index contributed by atoms with van der Waals surface area (Å²) < 4.78 is 5.74. The summed E-state index contributed by atoms with van der Waals surface area (Å²) >= 11 is 3.22. The highest BCUT2D eigenvalue weighted by atomic mass is 79.9. The normalized spacial score (nSPS) is 14.8. The van der Waals surface area contributed by atoms with Crippen LogP contribution in [0.4, 0.5) is 0 Å². The predicted octanol–water partition coefficient (Wildman–Crippen LogP) is 1.73. The van der Waals surface area contributed by atoms with Crippen LogP contribution in [0.3, 0.4) is 0 Å². The van der Waals surface area contributed by atoms with Gasteiger partial charge in [0.15, 0.2) is 5.76 Å². The van der Waals surface area contributed by atoms with Crippen molar-refractivity contribution in [1.82, 2.24) is 9.97 Å². The topological polar surface area (TPSA) is 52.1 Å². The van der Waals surface area contributed by atoms with E-state index in [0.717, 1.165) is 6.42 Å². The number of hydrogen-bond acceptors (Lipinski definition) is 4. The van der Waals surface area contributed by atoms with Crippen molar-refractivity contribution in [3.63, 3.8) is 0 Å². The van der Waals surface area contributed by atoms with E-state index < -0.39 is 0 Å². The first-order valence-electron chi connectivity index (χ1n) is 4.12. The fourth-order valence-electron chi connectivity index (χ4n) is 1.17. The maximum absolute atomic E-state index is 11.8. The van der Waals surface area contributed by atoms with Crippen LogP contribution >= 0.6 is 15.9 Å². The third-order valence-electron chi connectivity index (χ3n) is 1.81. The molecule has 4 nitrogen and oxygen atoms in total. The zero-order chi connectivity index (χ0) is 9.97. The van der Waals surface area contributed by atoms with E-state index in [4.69, 9.17) is 4.74 Å². The SMILES string of the molecule is O=C(C1=CCCO1)c1ncncc1Br. The number of aromatic nitrogens is 2. The van der Waals surface area contributed by atoms with E-state index in [9.17, 15) is 4.79 Å². The summed E-state index contributed by atoms with van der Waals surface area (Å²) in [4.78, 5) is 19.4. The first-order valence-corrected chi connectivity index (χ1v) is 4.91. The lowest BCUT2D eigenvalue weighted by molar-refractivity contribution is 0.0936. The standard InChI is InChI=1S/C9H7BrN2O2/c10-6-4-11-5-12-8(6)9(13)7-2-1-3-14-7/h2,4-5H,1,3H2. The molecule has 1 aromatic rings. The lowest BCUT2D eigenvalue weighted by atomic mass is 10.2. The van der Waals surface area contributed by atoms with Crippen molar-refractivity contribution in [3.05, 3.63) is 34.5 Å². The van der Waals surface area contributed by atoms with Gasteiger partial charge in [-0.15, -0.1) is 0 Å².